The monoisotopic (exact) mass is 403 g/mol. The number of hydrogen-bond donors (Lipinski definition) is 1. The van der Waals surface area contributed by atoms with Crippen molar-refractivity contribution in [3.63, 3.8) is 0 Å². The van der Waals surface area contributed by atoms with E-state index >= 15 is 0 Å². The summed E-state index contributed by atoms with van der Waals surface area (Å²) < 4.78 is 29.2. The molecule has 2 aromatic carbocycles. The van der Waals surface area contributed by atoms with Gasteiger partial charge in [0, 0.05) is 6.26 Å². The fourth-order valence-electron chi connectivity index (χ4n) is 2.96. The van der Waals surface area contributed by atoms with Crippen LogP contribution in [0.25, 0.3) is 0 Å². The first kappa shape index (κ1) is 22.0. The number of carbonyl (C=O) groups is 1. The van der Waals surface area contributed by atoms with Crippen LogP contribution in [0, 0.1) is 13.8 Å². The van der Waals surface area contributed by atoms with E-state index in [1.807, 2.05) is 45.9 Å². The number of aryl methyl sites for hydroxylation is 1. The Morgan fingerprint density at radius 2 is 1.68 bits per heavy atom. The van der Waals surface area contributed by atoms with Gasteiger partial charge in [0.1, 0.15) is 5.75 Å². The van der Waals surface area contributed by atoms with E-state index in [2.05, 4.69) is 5.32 Å². The smallest absolute Gasteiger partial charge is 0.261 e. The summed E-state index contributed by atoms with van der Waals surface area (Å²) in [6, 6.07) is 12.2. The van der Waals surface area contributed by atoms with Gasteiger partial charge in [0.25, 0.3) is 5.91 Å². The van der Waals surface area contributed by atoms with E-state index in [1.54, 1.807) is 24.3 Å². The van der Waals surface area contributed by atoms with Gasteiger partial charge in [-0.25, -0.2) is 8.42 Å². The second-order valence-electron chi connectivity index (χ2n) is 7.02. The van der Waals surface area contributed by atoms with Gasteiger partial charge in [0.15, 0.2) is 15.9 Å². The SMILES string of the molecule is CC[C@H](NC(=O)[C@@H](CC)Oc1cccc(C)c1C)c1ccc(S(C)(=O)=O)cc1. The van der Waals surface area contributed by atoms with Crippen LogP contribution in [-0.2, 0) is 14.6 Å². The van der Waals surface area contributed by atoms with Crippen molar-refractivity contribution in [2.45, 2.75) is 57.6 Å². The Kier molecular flexibility index (Phi) is 7.24. The van der Waals surface area contributed by atoms with Crippen LogP contribution >= 0.6 is 0 Å². The molecule has 1 amide bonds. The maximum Gasteiger partial charge on any atom is 0.261 e. The molecule has 0 radical (unpaired) electrons. The van der Waals surface area contributed by atoms with Crippen molar-refractivity contribution in [2.24, 2.45) is 0 Å². The molecular weight excluding hydrogens is 374 g/mol. The molecule has 2 atom stereocenters. The molecule has 1 N–H and O–H groups in total. The summed E-state index contributed by atoms with van der Waals surface area (Å²) in [7, 11) is -3.24. The molecule has 0 unspecified atom stereocenters. The molecule has 2 rings (SSSR count). The second kappa shape index (κ2) is 9.24. The molecule has 0 saturated heterocycles. The summed E-state index contributed by atoms with van der Waals surface area (Å²) in [5.41, 5.74) is 3.01. The lowest BCUT2D eigenvalue weighted by atomic mass is 10.0. The molecule has 2 aromatic rings. The van der Waals surface area contributed by atoms with Crippen molar-refractivity contribution < 1.29 is 17.9 Å². The van der Waals surface area contributed by atoms with Crippen LogP contribution in [0.5, 0.6) is 5.75 Å². The van der Waals surface area contributed by atoms with E-state index in [-0.39, 0.29) is 16.8 Å². The predicted octanol–water partition coefficient (Wildman–Crippen LogP) is 4.13. The molecule has 0 aliphatic heterocycles. The molecule has 0 saturated carbocycles. The highest BCUT2D eigenvalue weighted by Crippen LogP contribution is 2.24. The third-order valence-corrected chi connectivity index (χ3v) is 6.05. The van der Waals surface area contributed by atoms with Crippen molar-refractivity contribution >= 4 is 15.7 Å². The quantitative estimate of drug-likeness (QED) is 0.719. The molecular formula is C22H29NO4S. The molecule has 6 heteroatoms. The minimum atomic E-state index is -3.24. The minimum Gasteiger partial charge on any atom is -0.480 e. The number of nitrogens with one attached hydrogen (secondary N) is 1. The molecule has 0 heterocycles. The summed E-state index contributed by atoms with van der Waals surface area (Å²) >= 11 is 0. The van der Waals surface area contributed by atoms with Crippen LogP contribution in [0.3, 0.4) is 0 Å². The van der Waals surface area contributed by atoms with Gasteiger partial charge in [-0.05, 0) is 61.6 Å². The summed E-state index contributed by atoms with van der Waals surface area (Å²) in [4.78, 5) is 13.1. The Bertz CT molecular complexity index is 920. The number of rotatable bonds is 8. The van der Waals surface area contributed by atoms with Crippen LogP contribution in [0.4, 0.5) is 0 Å². The normalized spacial score (nSPS) is 13.6. The maximum absolute atomic E-state index is 12.8. The highest BCUT2D eigenvalue weighted by molar-refractivity contribution is 7.90. The molecule has 0 bridgehead atoms. The average molecular weight is 404 g/mol. The summed E-state index contributed by atoms with van der Waals surface area (Å²) in [6.45, 7) is 7.88. The van der Waals surface area contributed by atoms with Gasteiger partial charge in [-0.15, -0.1) is 0 Å². The third kappa shape index (κ3) is 5.35. The summed E-state index contributed by atoms with van der Waals surface area (Å²) in [5.74, 6) is 0.537. The van der Waals surface area contributed by atoms with Gasteiger partial charge in [-0.1, -0.05) is 38.1 Å². The van der Waals surface area contributed by atoms with Crippen molar-refractivity contribution in [3.05, 3.63) is 59.2 Å². The van der Waals surface area contributed by atoms with E-state index in [0.717, 1.165) is 16.7 Å². The van der Waals surface area contributed by atoms with Crippen molar-refractivity contribution in [1.82, 2.24) is 5.32 Å². The lowest BCUT2D eigenvalue weighted by molar-refractivity contribution is -0.129. The minimum absolute atomic E-state index is 0.178. The van der Waals surface area contributed by atoms with Gasteiger partial charge in [-0.2, -0.15) is 0 Å². The lowest BCUT2D eigenvalue weighted by Gasteiger charge is -2.23. The molecule has 0 aliphatic rings. The summed E-state index contributed by atoms with van der Waals surface area (Å²) in [6.07, 6.45) is 1.81. The Balaban J connectivity index is 2.14. The Labute approximate surface area is 168 Å². The average Bonchev–Trinajstić information content (AvgIpc) is 2.66. The van der Waals surface area contributed by atoms with Gasteiger partial charge in [0.2, 0.25) is 0 Å². The Morgan fingerprint density at radius 1 is 1.04 bits per heavy atom. The zero-order chi connectivity index (χ0) is 20.9. The first-order chi connectivity index (χ1) is 13.2. The first-order valence-corrected chi connectivity index (χ1v) is 11.4. The van der Waals surface area contributed by atoms with Crippen LogP contribution in [0.15, 0.2) is 47.4 Å². The fourth-order valence-corrected chi connectivity index (χ4v) is 3.59. The van der Waals surface area contributed by atoms with Crippen LogP contribution in [0.2, 0.25) is 0 Å². The van der Waals surface area contributed by atoms with Gasteiger partial charge < -0.3 is 10.1 Å². The van der Waals surface area contributed by atoms with Crippen molar-refractivity contribution in [3.8, 4) is 5.75 Å². The first-order valence-electron chi connectivity index (χ1n) is 9.50. The number of carbonyl (C=O) groups excluding carboxylic acids is 1. The van der Waals surface area contributed by atoms with E-state index in [9.17, 15) is 13.2 Å². The van der Waals surface area contributed by atoms with Crippen LogP contribution in [-0.4, -0.2) is 26.7 Å². The fraction of sp³-hybridized carbons (Fsp3) is 0.409. The van der Waals surface area contributed by atoms with Crippen LogP contribution in [0.1, 0.15) is 49.4 Å². The lowest BCUT2D eigenvalue weighted by Crippen LogP contribution is -2.40. The zero-order valence-electron chi connectivity index (χ0n) is 17.2. The van der Waals surface area contributed by atoms with Crippen LogP contribution < -0.4 is 10.1 Å². The molecule has 28 heavy (non-hydrogen) atoms. The maximum atomic E-state index is 12.8. The molecule has 0 fully saturated rings. The number of amides is 1. The predicted molar refractivity (Wildman–Crippen MR) is 111 cm³/mol. The number of hydrogen-bond acceptors (Lipinski definition) is 4. The summed E-state index contributed by atoms with van der Waals surface area (Å²) in [5, 5.41) is 3.03. The third-order valence-electron chi connectivity index (χ3n) is 4.92. The highest BCUT2D eigenvalue weighted by atomic mass is 32.2. The van der Waals surface area contributed by atoms with Gasteiger partial charge in [0.05, 0.1) is 10.9 Å². The topological polar surface area (TPSA) is 72.5 Å². The van der Waals surface area contributed by atoms with Gasteiger partial charge in [-0.3, -0.25) is 4.79 Å². The second-order valence-corrected chi connectivity index (χ2v) is 9.04. The molecule has 0 aliphatic carbocycles. The largest absolute Gasteiger partial charge is 0.480 e. The zero-order valence-corrected chi connectivity index (χ0v) is 18.0. The highest BCUT2D eigenvalue weighted by Gasteiger charge is 2.23. The molecule has 0 aromatic heterocycles. The number of sulfone groups is 1. The van der Waals surface area contributed by atoms with E-state index in [1.165, 1.54) is 6.26 Å². The molecule has 5 nitrogen and oxygen atoms in total. The van der Waals surface area contributed by atoms with E-state index < -0.39 is 15.9 Å². The number of benzene rings is 2. The Morgan fingerprint density at radius 3 is 2.21 bits per heavy atom. The Hall–Kier alpha value is -2.34. The van der Waals surface area contributed by atoms with E-state index in [4.69, 9.17) is 4.74 Å². The van der Waals surface area contributed by atoms with Gasteiger partial charge >= 0.3 is 0 Å². The van der Waals surface area contributed by atoms with Crippen molar-refractivity contribution in [2.75, 3.05) is 6.26 Å². The molecule has 152 valence electrons. The number of ether oxygens (including phenoxy) is 1. The van der Waals surface area contributed by atoms with E-state index in [0.29, 0.717) is 18.6 Å². The molecule has 0 spiro atoms. The standard InChI is InChI=1S/C22H29NO4S/c1-6-19(17-11-13-18(14-12-17)28(5,25)26)23-22(24)20(7-2)27-21-10-8-9-15(3)16(21)4/h8-14,19-20H,6-7H2,1-5H3,(H,23,24)/t19-,20+/m0/s1. The van der Waals surface area contributed by atoms with Crippen molar-refractivity contribution in [1.29, 1.82) is 0 Å².